The fourth-order valence-electron chi connectivity index (χ4n) is 0. The van der Waals surface area contributed by atoms with Crippen molar-refractivity contribution < 1.29 is 0 Å². The second-order valence-electron chi connectivity index (χ2n) is 0.707. The van der Waals surface area contributed by atoms with E-state index in [0.717, 1.165) is 0 Å². The summed E-state index contributed by atoms with van der Waals surface area (Å²) in [5.74, 6) is 0. The first kappa shape index (κ1) is 176. The van der Waals surface area contributed by atoms with Crippen molar-refractivity contribution in [2.24, 2.45) is 0 Å². The molecule has 0 N–H and O–H groups in total. The van der Waals surface area contributed by atoms with E-state index >= 15 is 0 Å². The zero-order valence-electron chi connectivity index (χ0n) is 38.6. The second kappa shape index (κ2) is 98900. The van der Waals surface area contributed by atoms with E-state index in [9.17, 15) is 0 Å². The fraction of sp³-hybridized carbons (Fsp3) is 0.682. The van der Waals surface area contributed by atoms with Gasteiger partial charge in [-0.05, 0) is 0 Å². The third kappa shape index (κ3) is 18600. The molecule has 0 aromatic rings. The smallest absolute Gasteiger partial charge is 0.0590 e. The van der Waals surface area contributed by atoms with Gasteiger partial charge in [0.05, 0.1) is 0 Å². The highest BCUT2D eigenvalue weighted by molar-refractivity contribution is 4.23. The number of hydrogen-bond donors (Lipinski definition) is 0. The van der Waals surface area contributed by atoms with Crippen LogP contribution in [0.4, 0.5) is 0 Å². The van der Waals surface area contributed by atoms with Crippen LogP contribution in [0.15, 0.2) is 92.1 Å². The van der Waals surface area contributed by atoms with E-state index in [1.165, 1.54) is 6.42 Å². The van der Waals surface area contributed by atoms with E-state index in [1.54, 1.807) is 0 Å². The van der Waals surface area contributed by atoms with Crippen molar-refractivity contribution in [3.63, 3.8) is 0 Å². The molecule has 0 saturated carbocycles. The van der Waals surface area contributed by atoms with E-state index in [1.807, 2.05) is 180 Å². The highest BCUT2D eigenvalue weighted by Gasteiger charge is 1.35. The first-order valence-electron chi connectivity index (χ1n) is 17.9. The quantitative estimate of drug-likeness (QED) is 0.230. The topological polar surface area (TPSA) is 0 Å². The Kier molecular flexibility index (Phi) is 395000. The molecule has 0 aliphatic rings. The molecule has 44 heavy (non-hydrogen) atoms. The molecule has 0 rings (SSSR count). The third-order valence-corrected chi connectivity index (χ3v) is 0. The Bertz CT molecular complexity index is 28.3. The largest absolute Gasteiger partial charge is 0.106 e. The van der Waals surface area contributed by atoms with Crippen molar-refractivity contribution >= 4 is 0 Å². The van der Waals surface area contributed by atoms with Crippen LogP contribution in [0.1, 0.15) is 208 Å². The molecule has 0 heterocycles. The van der Waals surface area contributed by atoms with E-state index in [0.29, 0.717) is 0 Å². The molecule has 0 spiro atoms. The van der Waals surface area contributed by atoms with Crippen LogP contribution in [0.5, 0.6) is 0 Å². The van der Waals surface area contributed by atoms with Gasteiger partial charge in [-0.25, -0.2) is 0 Å². The van der Waals surface area contributed by atoms with Crippen molar-refractivity contribution in [2.75, 3.05) is 0 Å². The Morgan fingerprint density at radius 1 is 0.182 bits per heavy atom. The van der Waals surface area contributed by atoms with E-state index < -0.39 is 0 Å². The van der Waals surface area contributed by atoms with Gasteiger partial charge in [0, 0.05) is 0 Å². The van der Waals surface area contributed by atoms with E-state index in [4.69, 9.17) is 0 Å². The molecule has 0 amide bonds. The average Bonchev–Trinajstić information content (AvgIpc) is 3.24. The van der Waals surface area contributed by atoms with Gasteiger partial charge >= 0.3 is 0 Å². The lowest BCUT2D eigenvalue weighted by atomic mass is 10.6. The maximum Gasteiger partial charge on any atom is -0.0590 e. The summed E-state index contributed by atoms with van der Waals surface area (Å²) in [6.45, 7) is 98.2. The fourth-order valence-corrected chi connectivity index (χ4v) is 0. The molecule has 0 heteroatoms. The van der Waals surface area contributed by atoms with Crippen molar-refractivity contribution in [1.82, 2.24) is 0 Å². The molecule has 0 aliphatic carbocycles. The van der Waals surface area contributed by atoms with Crippen LogP contribution < -0.4 is 0 Å². The Labute approximate surface area is 299 Å². The zero-order valence-corrected chi connectivity index (χ0v) is 38.6. The van der Waals surface area contributed by atoms with Crippen LogP contribution in [0.3, 0.4) is 0 Å². The van der Waals surface area contributed by atoms with Crippen molar-refractivity contribution in [2.45, 2.75) is 208 Å². The van der Waals surface area contributed by atoms with Crippen molar-refractivity contribution in [3.05, 3.63) is 92.1 Å². The van der Waals surface area contributed by atoms with Gasteiger partial charge in [0.2, 0.25) is 0 Å². The first-order valence-corrected chi connectivity index (χ1v) is 17.9. The number of hydrogen-bond acceptors (Lipinski definition) is 0. The molecule has 0 fully saturated rings. The van der Waals surface area contributed by atoms with Crippen molar-refractivity contribution in [1.29, 1.82) is 0 Å². The molecule has 0 unspecified atom stereocenters. The minimum absolute atomic E-state index is 0. The SMILES string of the molecule is C.C=C.C=C.C=C.C=C.C=C.C=C.C=C.CC.CC.CC.CC.CC.CC.CC.CC.CC.CC.CC.CC.CC.CCC. The predicted octanol–water partition coefficient (Wildman–Crippen LogP) is 21.0. The Balaban J connectivity index is -0.00000000577. The van der Waals surface area contributed by atoms with Crippen LogP contribution in [0, 0.1) is 0 Å². The Morgan fingerprint density at radius 2 is 0.182 bits per heavy atom. The highest BCUT2D eigenvalue weighted by atomic mass is 13.4. The summed E-state index contributed by atoms with van der Waals surface area (Å²) in [6.07, 6.45) is 1.25. The third-order valence-electron chi connectivity index (χ3n) is 0. The Hall–Kier alpha value is -1.82. The normalized spacial score (nSPS) is 2.82. The highest BCUT2D eigenvalue weighted by Crippen LogP contribution is 1.56. The maximum absolute atomic E-state index is 3.00. The molecule has 0 bridgehead atoms. The summed E-state index contributed by atoms with van der Waals surface area (Å²) in [7, 11) is 0. The van der Waals surface area contributed by atoms with Gasteiger partial charge in [-0.3, -0.25) is 0 Å². The summed E-state index contributed by atoms with van der Waals surface area (Å²) in [5.41, 5.74) is 0. The van der Waals surface area contributed by atoms with Gasteiger partial charge in [0.25, 0.3) is 0 Å². The summed E-state index contributed by atoms with van der Waals surface area (Å²) in [5, 5.41) is 0. The van der Waals surface area contributed by atoms with Gasteiger partial charge in [-0.2, -0.15) is 0 Å². The van der Waals surface area contributed by atoms with Gasteiger partial charge < -0.3 is 0 Å². The molecular weight excluding hydrogens is 528 g/mol. The van der Waals surface area contributed by atoms with Crippen LogP contribution >= 0.6 is 0 Å². The summed E-state index contributed by atoms with van der Waals surface area (Å²) in [6, 6.07) is 0. The Morgan fingerprint density at radius 3 is 0.182 bits per heavy atom. The average molecular weight is 647 g/mol. The minimum Gasteiger partial charge on any atom is -0.106 e. The standard InChI is InChI=1S/C3H8.13C2H6.7C2H4.CH4/c1-3-2;20*1-2;/h3H2,1-2H3;13*1-2H3;7*1-2H2;1H4. The molecular formula is C44H118. The number of rotatable bonds is 0. The van der Waals surface area contributed by atoms with Gasteiger partial charge in [0.1, 0.15) is 0 Å². The summed E-state index contributed by atoms with van der Waals surface area (Å²) < 4.78 is 0. The van der Waals surface area contributed by atoms with Gasteiger partial charge in [-0.15, -0.1) is 92.1 Å². The molecule has 294 valence electrons. The predicted molar refractivity (Wildman–Crippen MR) is 249 cm³/mol. The minimum atomic E-state index is 0. The van der Waals surface area contributed by atoms with Crippen LogP contribution in [-0.2, 0) is 0 Å². The molecule has 0 nitrogen and oxygen atoms in total. The van der Waals surface area contributed by atoms with Crippen molar-refractivity contribution in [3.8, 4) is 0 Å². The van der Waals surface area contributed by atoms with Crippen LogP contribution in [0.2, 0.25) is 0 Å². The lowest BCUT2D eigenvalue weighted by molar-refractivity contribution is 1.09. The lowest BCUT2D eigenvalue weighted by Gasteiger charge is -1.48. The molecule has 0 radical (unpaired) electrons. The molecule has 0 aromatic carbocycles. The van der Waals surface area contributed by atoms with Gasteiger partial charge in [-0.1, -0.05) is 208 Å². The van der Waals surface area contributed by atoms with E-state index in [2.05, 4.69) is 106 Å². The summed E-state index contributed by atoms with van der Waals surface area (Å²) in [4.78, 5) is 0. The molecule has 0 saturated heterocycles. The maximum atomic E-state index is 3.00. The first-order chi connectivity index (χ1) is 21.4. The summed E-state index contributed by atoms with van der Waals surface area (Å²) >= 11 is 0. The second-order valence-corrected chi connectivity index (χ2v) is 0.707. The molecule has 0 aliphatic heterocycles. The zero-order chi connectivity index (χ0) is 42.7. The van der Waals surface area contributed by atoms with Gasteiger partial charge in [0.15, 0.2) is 0 Å². The van der Waals surface area contributed by atoms with Crippen LogP contribution in [-0.4, -0.2) is 0 Å². The lowest BCUT2D eigenvalue weighted by Crippen LogP contribution is -1.27. The van der Waals surface area contributed by atoms with Crippen LogP contribution in [0.25, 0.3) is 0 Å². The van der Waals surface area contributed by atoms with E-state index in [-0.39, 0.29) is 7.43 Å². The molecule has 0 atom stereocenters. The monoisotopic (exact) mass is 647 g/mol. The molecule has 0 aromatic heterocycles.